The standard InChI is InChI=1S/C14H12BrCl2NO/c1-19-13-5-2-8(15)6-11(13)14(18)10-7-9(16)3-4-12(10)17/h2-7,14H,18H2,1H3. The van der Waals surface area contributed by atoms with Gasteiger partial charge in [0, 0.05) is 20.1 Å². The third-order valence-electron chi connectivity index (χ3n) is 2.82. The molecule has 0 aromatic heterocycles. The van der Waals surface area contributed by atoms with Crippen molar-refractivity contribution in [1.82, 2.24) is 0 Å². The van der Waals surface area contributed by atoms with Crippen molar-refractivity contribution in [3.8, 4) is 5.75 Å². The molecule has 1 unspecified atom stereocenters. The van der Waals surface area contributed by atoms with E-state index in [-0.39, 0.29) is 0 Å². The Hall–Kier alpha value is -0.740. The summed E-state index contributed by atoms with van der Waals surface area (Å²) in [5, 5.41) is 1.18. The van der Waals surface area contributed by atoms with Crippen LogP contribution < -0.4 is 10.5 Å². The summed E-state index contributed by atoms with van der Waals surface area (Å²) in [5.74, 6) is 0.715. The molecule has 0 aliphatic carbocycles. The minimum Gasteiger partial charge on any atom is -0.496 e. The van der Waals surface area contributed by atoms with E-state index in [0.717, 1.165) is 15.6 Å². The number of methoxy groups -OCH3 is 1. The maximum Gasteiger partial charge on any atom is 0.124 e. The molecule has 0 saturated heterocycles. The van der Waals surface area contributed by atoms with Gasteiger partial charge in [0.25, 0.3) is 0 Å². The predicted molar refractivity (Wildman–Crippen MR) is 83.2 cm³/mol. The summed E-state index contributed by atoms with van der Waals surface area (Å²) in [6.45, 7) is 0. The van der Waals surface area contributed by atoms with E-state index in [1.54, 1.807) is 25.3 Å². The molecule has 0 radical (unpaired) electrons. The molecule has 0 spiro atoms. The molecule has 2 aromatic rings. The van der Waals surface area contributed by atoms with Gasteiger partial charge < -0.3 is 10.5 Å². The van der Waals surface area contributed by atoms with Crippen molar-refractivity contribution in [3.05, 3.63) is 62.0 Å². The maximum absolute atomic E-state index is 6.29. The van der Waals surface area contributed by atoms with Gasteiger partial charge in [0.05, 0.1) is 13.2 Å². The van der Waals surface area contributed by atoms with Gasteiger partial charge in [-0.1, -0.05) is 39.1 Å². The van der Waals surface area contributed by atoms with Crippen LogP contribution in [0.1, 0.15) is 17.2 Å². The zero-order valence-corrected chi connectivity index (χ0v) is 13.3. The summed E-state index contributed by atoms with van der Waals surface area (Å²) in [6, 6.07) is 10.5. The third-order valence-corrected chi connectivity index (χ3v) is 3.89. The first kappa shape index (κ1) is 14.7. The highest BCUT2D eigenvalue weighted by molar-refractivity contribution is 9.10. The van der Waals surface area contributed by atoms with Crippen molar-refractivity contribution in [2.75, 3.05) is 7.11 Å². The first-order chi connectivity index (χ1) is 9.02. The topological polar surface area (TPSA) is 35.2 Å². The summed E-state index contributed by atoms with van der Waals surface area (Å²) >= 11 is 15.6. The van der Waals surface area contributed by atoms with Gasteiger partial charge in [0.15, 0.2) is 0 Å². The van der Waals surface area contributed by atoms with E-state index >= 15 is 0 Å². The first-order valence-corrected chi connectivity index (χ1v) is 7.11. The Balaban J connectivity index is 2.51. The van der Waals surface area contributed by atoms with Crippen LogP contribution in [0.5, 0.6) is 5.75 Å². The van der Waals surface area contributed by atoms with E-state index in [0.29, 0.717) is 15.8 Å². The van der Waals surface area contributed by atoms with Gasteiger partial charge in [-0.15, -0.1) is 0 Å². The van der Waals surface area contributed by atoms with Crippen LogP contribution in [0.15, 0.2) is 40.9 Å². The first-order valence-electron chi connectivity index (χ1n) is 5.57. The van der Waals surface area contributed by atoms with E-state index < -0.39 is 6.04 Å². The second kappa shape index (κ2) is 6.14. The Kier molecular flexibility index (Phi) is 4.74. The third kappa shape index (κ3) is 3.23. The Morgan fingerprint density at radius 2 is 1.84 bits per heavy atom. The molecule has 19 heavy (non-hydrogen) atoms. The van der Waals surface area contributed by atoms with Crippen LogP contribution in [0, 0.1) is 0 Å². The van der Waals surface area contributed by atoms with Crippen LogP contribution in [0.2, 0.25) is 10.0 Å². The van der Waals surface area contributed by atoms with Crippen molar-refractivity contribution in [2.24, 2.45) is 5.73 Å². The molecule has 100 valence electrons. The highest BCUT2D eigenvalue weighted by Gasteiger charge is 2.17. The quantitative estimate of drug-likeness (QED) is 0.852. The van der Waals surface area contributed by atoms with Crippen LogP contribution in [-0.2, 0) is 0 Å². The predicted octanol–water partition coefficient (Wildman–Crippen LogP) is 4.81. The molecule has 5 heteroatoms. The van der Waals surface area contributed by atoms with Crippen LogP contribution in [-0.4, -0.2) is 7.11 Å². The largest absolute Gasteiger partial charge is 0.496 e. The Morgan fingerprint density at radius 3 is 2.53 bits per heavy atom. The second-order valence-corrected chi connectivity index (χ2v) is 5.79. The molecular weight excluding hydrogens is 349 g/mol. The van der Waals surface area contributed by atoms with Gasteiger partial charge in [-0.25, -0.2) is 0 Å². The van der Waals surface area contributed by atoms with Gasteiger partial charge in [0.2, 0.25) is 0 Å². The normalized spacial score (nSPS) is 12.3. The minimum absolute atomic E-state index is 0.404. The average molecular weight is 361 g/mol. The molecule has 0 bridgehead atoms. The minimum atomic E-state index is -0.404. The molecule has 0 aliphatic rings. The number of rotatable bonds is 3. The molecule has 0 heterocycles. The van der Waals surface area contributed by atoms with Gasteiger partial charge in [-0.05, 0) is 42.0 Å². The number of ether oxygens (including phenoxy) is 1. The molecule has 2 rings (SSSR count). The molecule has 2 nitrogen and oxygen atoms in total. The molecule has 1 atom stereocenters. The number of hydrogen-bond donors (Lipinski definition) is 1. The summed E-state index contributed by atoms with van der Waals surface area (Å²) in [4.78, 5) is 0. The molecule has 0 amide bonds. The van der Waals surface area contributed by atoms with Crippen molar-refractivity contribution >= 4 is 39.1 Å². The van der Waals surface area contributed by atoms with Crippen LogP contribution in [0.3, 0.4) is 0 Å². The average Bonchev–Trinajstić information content (AvgIpc) is 2.40. The van der Waals surface area contributed by atoms with Crippen molar-refractivity contribution in [3.63, 3.8) is 0 Å². The zero-order chi connectivity index (χ0) is 14.0. The lowest BCUT2D eigenvalue weighted by Gasteiger charge is -2.18. The van der Waals surface area contributed by atoms with Crippen LogP contribution in [0.25, 0.3) is 0 Å². The number of halogens is 3. The Bertz CT molecular complexity index is 604. The lowest BCUT2D eigenvalue weighted by Crippen LogP contribution is -2.13. The summed E-state index contributed by atoms with van der Waals surface area (Å²) in [6.07, 6.45) is 0. The molecule has 0 aliphatic heterocycles. The highest BCUT2D eigenvalue weighted by Crippen LogP contribution is 2.34. The van der Waals surface area contributed by atoms with E-state index in [1.807, 2.05) is 18.2 Å². The monoisotopic (exact) mass is 359 g/mol. The van der Waals surface area contributed by atoms with Gasteiger partial charge in [0.1, 0.15) is 5.75 Å². The molecular formula is C14H12BrCl2NO. The van der Waals surface area contributed by atoms with E-state index in [9.17, 15) is 0 Å². The fraction of sp³-hybridized carbons (Fsp3) is 0.143. The molecule has 2 aromatic carbocycles. The fourth-order valence-electron chi connectivity index (χ4n) is 1.87. The van der Waals surface area contributed by atoms with Crippen molar-refractivity contribution in [2.45, 2.75) is 6.04 Å². The Morgan fingerprint density at radius 1 is 1.11 bits per heavy atom. The van der Waals surface area contributed by atoms with E-state index in [2.05, 4.69) is 15.9 Å². The number of benzene rings is 2. The summed E-state index contributed by atoms with van der Waals surface area (Å²) < 4.78 is 6.26. The second-order valence-electron chi connectivity index (χ2n) is 4.03. The smallest absolute Gasteiger partial charge is 0.124 e. The van der Waals surface area contributed by atoms with Crippen molar-refractivity contribution < 1.29 is 4.74 Å². The van der Waals surface area contributed by atoms with Crippen LogP contribution >= 0.6 is 39.1 Å². The lowest BCUT2D eigenvalue weighted by molar-refractivity contribution is 0.408. The van der Waals surface area contributed by atoms with Gasteiger partial charge in [-0.3, -0.25) is 0 Å². The van der Waals surface area contributed by atoms with E-state index in [1.165, 1.54) is 0 Å². The summed E-state index contributed by atoms with van der Waals surface area (Å²) in [7, 11) is 1.61. The SMILES string of the molecule is COc1ccc(Br)cc1C(N)c1cc(Cl)ccc1Cl. The number of nitrogens with two attached hydrogens (primary N) is 1. The fourth-order valence-corrected chi connectivity index (χ4v) is 2.66. The molecule has 0 saturated carbocycles. The number of hydrogen-bond acceptors (Lipinski definition) is 2. The molecule has 2 N–H and O–H groups in total. The highest BCUT2D eigenvalue weighted by atomic mass is 79.9. The van der Waals surface area contributed by atoms with Crippen molar-refractivity contribution in [1.29, 1.82) is 0 Å². The van der Waals surface area contributed by atoms with Crippen LogP contribution in [0.4, 0.5) is 0 Å². The van der Waals surface area contributed by atoms with Gasteiger partial charge >= 0.3 is 0 Å². The van der Waals surface area contributed by atoms with E-state index in [4.69, 9.17) is 33.7 Å². The Labute approximate surface area is 130 Å². The lowest BCUT2D eigenvalue weighted by atomic mass is 9.98. The zero-order valence-electron chi connectivity index (χ0n) is 10.2. The summed E-state index contributed by atoms with van der Waals surface area (Å²) in [5.41, 5.74) is 7.90. The maximum atomic E-state index is 6.29. The molecule has 0 fully saturated rings. The van der Waals surface area contributed by atoms with Gasteiger partial charge in [-0.2, -0.15) is 0 Å².